The van der Waals surface area contributed by atoms with Crippen molar-refractivity contribution in [3.05, 3.63) is 0 Å². The van der Waals surface area contributed by atoms with Crippen LogP contribution in [0, 0.1) is 11.8 Å². The SMILES string of the molecule is Cl.O=C(CCN1C(=O)C2C3CCC(O3)C2C1=O)N[C@H]1CCCNC1. The van der Waals surface area contributed by atoms with Gasteiger partial charge in [0, 0.05) is 25.6 Å². The van der Waals surface area contributed by atoms with Gasteiger partial charge in [-0.15, -0.1) is 12.4 Å². The van der Waals surface area contributed by atoms with Gasteiger partial charge in [-0.2, -0.15) is 0 Å². The van der Waals surface area contributed by atoms with E-state index in [4.69, 9.17) is 4.74 Å². The number of nitrogens with zero attached hydrogens (tertiary/aromatic N) is 1. The number of amides is 3. The Labute approximate surface area is 147 Å². The number of hydrogen-bond acceptors (Lipinski definition) is 5. The molecule has 7 nitrogen and oxygen atoms in total. The summed E-state index contributed by atoms with van der Waals surface area (Å²) in [7, 11) is 0. The molecule has 4 saturated heterocycles. The first kappa shape index (κ1) is 17.6. The lowest BCUT2D eigenvalue weighted by molar-refractivity contribution is -0.142. The molecule has 8 heteroatoms. The van der Waals surface area contributed by atoms with E-state index in [9.17, 15) is 14.4 Å². The Kier molecular flexibility index (Phi) is 5.13. The number of fused-ring (bicyclic) bond motifs is 5. The van der Waals surface area contributed by atoms with Crippen molar-refractivity contribution in [3.8, 4) is 0 Å². The summed E-state index contributed by atoms with van der Waals surface area (Å²) in [6, 6.07) is 0.157. The Morgan fingerprint density at radius 3 is 2.42 bits per heavy atom. The van der Waals surface area contributed by atoms with E-state index in [1.165, 1.54) is 4.90 Å². The van der Waals surface area contributed by atoms with Crippen molar-refractivity contribution in [2.75, 3.05) is 19.6 Å². The van der Waals surface area contributed by atoms with Crippen LogP contribution in [0.3, 0.4) is 0 Å². The van der Waals surface area contributed by atoms with Crippen LogP contribution in [-0.2, 0) is 19.1 Å². The predicted molar refractivity (Wildman–Crippen MR) is 87.5 cm³/mol. The Bertz CT molecular complexity index is 509. The van der Waals surface area contributed by atoms with E-state index >= 15 is 0 Å². The number of hydrogen-bond donors (Lipinski definition) is 2. The summed E-state index contributed by atoms with van der Waals surface area (Å²) in [6.45, 7) is 1.98. The minimum atomic E-state index is -0.299. The van der Waals surface area contributed by atoms with E-state index in [1.54, 1.807) is 0 Å². The third kappa shape index (κ3) is 2.93. The first-order chi connectivity index (χ1) is 11.1. The van der Waals surface area contributed by atoms with Crippen molar-refractivity contribution in [1.29, 1.82) is 0 Å². The molecule has 0 aromatic carbocycles. The van der Waals surface area contributed by atoms with E-state index in [2.05, 4.69) is 10.6 Å². The molecule has 0 spiro atoms. The summed E-state index contributed by atoms with van der Waals surface area (Å²) in [4.78, 5) is 38.3. The molecule has 0 aliphatic carbocycles. The largest absolute Gasteiger partial charge is 0.373 e. The zero-order valence-electron chi connectivity index (χ0n) is 13.5. The molecule has 4 aliphatic rings. The van der Waals surface area contributed by atoms with E-state index in [0.29, 0.717) is 0 Å². The zero-order chi connectivity index (χ0) is 16.0. The number of carbonyl (C=O) groups excluding carboxylic acids is 3. The van der Waals surface area contributed by atoms with E-state index in [1.807, 2.05) is 0 Å². The summed E-state index contributed by atoms with van der Waals surface area (Å²) in [6.07, 6.45) is 3.78. The number of rotatable bonds is 4. The Hall–Kier alpha value is -1.18. The van der Waals surface area contributed by atoms with Crippen molar-refractivity contribution in [3.63, 3.8) is 0 Å². The van der Waals surface area contributed by atoms with Gasteiger partial charge in [0.1, 0.15) is 0 Å². The summed E-state index contributed by atoms with van der Waals surface area (Å²) in [5, 5.41) is 6.23. The van der Waals surface area contributed by atoms with Crippen molar-refractivity contribution in [1.82, 2.24) is 15.5 Å². The van der Waals surface area contributed by atoms with Gasteiger partial charge in [0.05, 0.1) is 24.0 Å². The molecule has 0 radical (unpaired) electrons. The zero-order valence-corrected chi connectivity index (χ0v) is 14.3. The molecule has 4 fully saturated rings. The van der Waals surface area contributed by atoms with Gasteiger partial charge >= 0.3 is 0 Å². The van der Waals surface area contributed by atoms with Crippen LogP contribution in [0.15, 0.2) is 0 Å². The molecule has 4 heterocycles. The maximum absolute atomic E-state index is 12.5. The highest BCUT2D eigenvalue weighted by Crippen LogP contribution is 2.48. The minimum Gasteiger partial charge on any atom is -0.373 e. The molecule has 0 aromatic rings. The van der Waals surface area contributed by atoms with Crippen LogP contribution < -0.4 is 10.6 Å². The Morgan fingerprint density at radius 2 is 1.83 bits per heavy atom. The van der Waals surface area contributed by atoms with Crippen LogP contribution in [-0.4, -0.2) is 60.5 Å². The maximum Gasteiger partial charge on any atom is 0.235 e. The maximum atomic E-state index is 12.5. The predicted octanol–water partition coefficient (Wildman–Crippen LogP) is -0.171. The number of halogens is 1. The Morgan fingerprint density at radius 1 is 1.17 bits per heavy atom. The van der Waals surface area contributed by atoms with Gasteiger partial charge in [-0.05, 0) is 32.2 Å². The third-order valence-corrected chi connectivity index (χ3v) is 5.60. The monoisotopic (exact) mass is 357 g/mol. The second kappa shape index (κ2) is 6.98. The van der Waals surface area contributed by atoms with Gasteiger partial charge in [0.15, 0.2) is 0 Å². The number of carbonyl (C=O) groups is 3. The highest BCUT2D eigenvalue weighted by Gasteiger charge is 2.62. The van der Waals surface area contributed by atoms with Crippen LogP contribution in [0.25, 0.3) is 0 Å². The topological polar surface area (TPSA) is 87.7 Å². The first-order valence-electron chi connectivity index (χ1n) is 8.66. The van der Waals surface area contributed by atoms with Crippen LogP contribution in [0.4, 0.5) is 0 Å². The molecule has 2 bridgehead atoms. The molecule has 4 unspecified atom stereocenters. The molecular formula is C16H24ClN3O4. The first-order valence-corrected chi connectivity index (χ1v) is 8.66. The van der Waals surface area contributed by atoms with Crippen LogP contribution in [0.1, 0.15) is 32.1 Å². The molecule has 4 rings (SSSR count). The van der Waals surface area contributed by atoms with Crippen molar-refractivity contribution in [2.45, 2.75) is 50.4 Å². The fraction of sp³-hybridized carbons (Fsp3) is 0.812. The molecule has 4 aliphatic heterocycles. The van der Waals surface area contributed by atoms with Gasteiger partial charge in [0.2, 0.25) is 17.7 Å². The molecular weight excluding hydrogens is 334 g/mol. The quantitative estimate of drug-likeness (QED) is 0.682. The van der Waals surface area contributed by atoms with Crippen molar-refractivity contribution >= 4 is 30.1 Å². The van der Waals surface area contributed by atoms with E-state index in [0.717, 1.165) is 38.8 Å². The third-order valence-electron chi connectivity index (χ3n) is 5.60. The van der Waals surface area contributed by atoms with E-state index < -0.39 is 0 Å². The van der Waals surface area contributed by atoms with Crippen LogP contribution in [0.5, 0.6) is 0 Å². The van der Waals surface area contributed by atoms with Gasteiger partial charge in [-0.1, -0.05) is 0 Å². The second-order valence-corrected chi connectivity index (χ2v) is 7.03. The normalized spacial score (nSPS) is 37.3. The molecule has 2 N–H and O–H groups in total. The molecule has 24 heavy (non-hydrogen) atoms. The fourth-order valence-corrected chi connectivity index (χ4v) is 4.48. The number of ether oxygens (including phenoxy) is 1. The molecule has 3 amide bonds. The average molecular weight is 358 g/mol. The van der Waals surface area contributed by atoms with E-state index in [-0.39, 0.29) is 73.2 Å². The van der Waals surface area contributed by atoms with Gasteiger partial charge in [-0.3, -0.25) is 19.3 Å². The van der Waals surface area contributed by atoms with Crippen LogP contribution in [0.2, 0.25) is 0 Å². The smallest absolute Gasteiger partial charge is 0.235 e. The molecule has 0 aromatic heterocycles. The van der Waals surface area contributed by atoms with Gasteiger partial charge in [0.25, 0.3) is 0 Å². The summed E-state index contributed by atoms with van der Waals surface area (Å²) in [5.74, 6) is -0.965. The lowest BCUT2D eigenvalue weighted by Crippen LogP contribution is -2.46. The molecule has 0 saturated carbocycles. The average Bonchev–Trinajstić information content (AvgIpc) is 3.22. The lowest BCUT2D eigenvalue weighted by atomic mass is 9.81. The number of imide groups is 1. The number of nitrogens with one attached hydrogen (secondary N) is 2. The molecule has 5 atom stereocenters. The van der Waals surface area contributed by atoms with Crippen LogP contribution >= 0.6 is 12.4 Å². The fourth-order valence-electron chi connectivity index (χ4n) is 4.48. The molecule has 134 valence electrons. The Balaban J connectivity index is 0.00000169. The minimum absolute atomic E-state index is 0. The summed E-state index contributed by atoms with van der Waals surface area (Å²) >= 11 is 0. The second-order valence-electron chi connectivity index (χ2n) is 7.03. The van der Waals surface area contributed by atoms with Gasteiger partial charge in [-0.25, -0.2) is 0 Å². The summed E-state index contributed by atoms with van der Waals surface area (Å²) < 4.78 is 5.70. The van der Waals surface area contributed by atoms with Crippen molar-refractivity contribution in [2.24, 2.45) is 11.8 Å². The van der Waals surface area contributed by atoms with Gasteiger partial charge < -0.3 is 15.4 Å². The summed E-state index contributed by atoms with van der Waals surface area (Å²) in [5.41, 5.74) is 0. The highest BCUT2D eigenvalue weighted by atomic mass is 35.5. The number of piperidine rings is 1. The standard InChI is InChI=1S/C16H23N3O4.ClH/c20-12(18-9-2-1-6-17-8-9)5-7-19-15(21)13-10-3-4-11(23-10)14(13)16(19)22;/h9-11,13-14,17H,1-8H2,(H,18,20);1H/t9-,10?,11?,13?,14?;/m0./s1. The highest BCUT2D eigenvalue weighted by molar-refractivity contribution is 6.06. The van der Waals surface area contributed by atoms with Crippen molar-refractivity contribution < 1.29 is 19.1 Å². The lowest BCUT2D eigenvalue weighted by Gasteiger charge is -2.24. The number of likely N-dealkylation sites (tertiary alicyclic amines) is 1.